The number of thiophene rings is 1. The van der Waals surface area contributed by atoms with E-state index in [-0.39, 0.29) is 18.0 Å². The lowest BCUT2D eigenvalue weighted by Crippen LogP contribution is -2.33. The number of methoxy groups -OCH3 is 1. The van der Waals surface area contributed by atoms with Gasteiger partial charge in [0.25, 0.3) is 0 Å². The van der Waals surface area contributed by atoms with Crippen LogP contribution in [-0.4, -0.2) is 22.9 Å². The zero-order chi connectivity index (χ0) is 19.3. The highest BCUT2D eigenvalue weighted by atomic mass is 35.5. The van der Waals surface area contributed by atoms with E-state index in [4.69, 9.17) is 26.2 Å². The van der Waals surface area contributed by atoms with Gasteiger partial charge in [0.2, 0.25) is 6.23 Å². The van der Waals surface area contributed by atoms with Crippen molar-refractivity contribution in [2.75, 3.05) is 7.11 Å². The monoisotopic (exact) mass is 412 g/mol. The van der Waals surface area contributed by atoms with E-state index in [9.17, 15) is 5.11 Å². The number of halogens is 1. The third kappa shape index (κ3) is 2.80. The van der Waals surface area contributed by atoms with Crippen LogP contribution in [0.5, 0.6) is 17.2 Å². The van der Waals surface area contributed by atoms with Crippen LogP contribution in [-0.2, 0) is 0 Å². The van der Waals surface area contributed by atoms with Crippen LogP contribution in [0.15, 0.2) is 59.0 Å². The lowest BCUT2D eigenvalue weighted by Gasteiger charge is -2.37. The van der Waals surface area contributed by atoms with Crippen molar-refractivity contribution < 1.29 is 14.6 Å². The Hall–Kier alpha value is -2.70. The number of ether oxygens (including phenoxy) is 2. The lowest BCUT2D eigenvalue weighted by atomic mass is 9.96. The SMILES string of the molecule is COc1cc(C2=NN3[C@@H](C2)c2cc(Cl)ccc2O[C@H]3c2cccs2)ccc1O. The largest absolute Gasteiger partial charge is 0.504 e. The summed E-state index contributed by atoms with van der Waals surface area (Å²) in [4.78, 5) is 1.10. The molecule has 3 heterocycles. The molecule has 1 N–H and O–H groups in total. The highest BCUT2D eigenvalue weighted by Crippen LogP contribution is 2.49. The first kappa shape index (κ1) is 17.4. The molecule has 5 nitrogen and oxygen atoms in total. The maximum atomic E-state index is 9.90. The minimum atomic E-state index is -0.282. The molecule has 0 fully saturated rings. The number of hydrogen-bond acceptors (Lipinski definition) is 6. The van der Waals surface area contributed by atoms with Gasteiger partial charge in [-0.2, -0.15) is 5.10 Å². The number of benzene rings is 2. The number of fused-ring (bicyclic) bond motifs is 3. The molecule has 0 spiro atoms. The number of nitrogens with zero attached hydrogens (tertiary/aromatic N) is 2. The summed E-state index contributed by atoms with van der Waals surface area (Å²) in [6.45, 7) is 0. The normalized spacial score (nSPS) is 20.2. The van der Waals surface area contributed by atoms with Crippen molar-refractivity contribution in [3.05, 3.63) is 74.9 Å². The molecule has 5 rings (SSSR count). The molecule has 0 aliphatic carbocycles. The van der Waals surface area contributed by atoms with E-state index in [0.717, 1.165) is 27.5 Å². The number of aromatic hydroxyl groups is 1. The molecule has 0 saturated carbocycles. The Morgan fingerprint density at radius 2 is 2.14 bits per heavy atom. The fraction of sp³-hybridized carbons (Fsp3) is 0.190. The quantitative estimate of drug-likeness (QED) is 0.629. The number of phenolic OH excluding ortho intramolecular Hbond substituents is 1. The van der Waals surface area contributed by atoms with Gasteiger partial charge in [0.15, 0.2) is 11.5 Å². The van der Waals surface area contributed by atoms with E-state index in [0.29, 0.717) is 17.2 Å². The summed E-state index contributed by atoms with van der Waals surface area (Å²) in [5, 5.41) is 19.5. The smallest absolute Gasteiger partial charge is 0.222 e. The Morgan fingerprint density at radius 3 is 2.93 bits per heavy atom. The molecule has 3 aromatic rings. The molecule has 2 aliphatic heterocycles. The minimum Gasteiger partial charge on any atom is -0.504 e. The van der Waals surface area contributed by atoms with Gasteiger partial charge in [-0.3, -0.25) is 0 Å². The Balaban J connectivity index is 1.59. The fourth-order valence-electron chi connectivity index (χ4n) is 3.71. The summed E-state index contributed by atoms with van der Waals surface area (Å²) < 4.78 is 11.6. The highest BCUT2D eigenvalue weighted by Gasteiger charge is 2.41. The van der Waals surface area contributed by atoms with Gasteiger partial charge >= 0.3 is 0 Å². The van der Waals surface area contributed by atoms with Crippen molar-refractivity contribution in [1.82, 2.24) is 5.01 Å². The minimum absolute atomic E-state index is 0.0318. The highest BCUT2D eigenvalue weighted by molar-refractivity contribution is 7.10. The van der Waals surface area contributed by atoms with Crippen molar-refractivity contribution in [3.63, 3.8) is 0 Å². The summed E-state index contributed by atoms with van der Waals surface area (Å²) in [6, 6.07) is 15.1. The van der Waals surface area contributed by atoms with Gasteiger partial charge in [-0.25, -0.2) is 5.01 Å². The van der Waals surface area contributed by atoms with Gasteiger partial charge < -0.3 is 14.6 Å². The van der Waals surface area contributed by atoms with Crippen molar-refractivity contribution in [2.24, 2.45) is 5.10 Å². The fourth-order valence-corrected chi connectivity index (χ4v) is 4.63. The first-order chi connectivity index (χ1) is 13.6. The number of hydrazone groups is 1. The second-order valence-electron chi connectivity index (χ2n) is 6.70. The van der Waals surface area contributed by atoms with E-state index in [2.05, 4.69) is 6.07 Å². The summed E-state index contributed by atoms with van der Waals surface area (Å²) >= 11 is 7.91. The third-order valence-corrected chi connectivity index (χ3v) is 6.19. The average molecular weight is 413 g/mol. The number of rotatable bonds is 3. The first-order valence-electron chi connectivity index (χ1n) is 8.87. The molecule has 142 valence electrons. The van der Waals surface area contributed by atoms with Crippen molar-refractivity contribution in [3.8, 4) is 17.2 Å². The molecule has 0 amide bonds. The van der Waals surface area contributed by atoms with Crippen molar-refractivity contribution in [1.29, 1.82) is 0 Å². The van der Waals surface area contributed by atoms with E-state index < -0.39 is 0 Å². The second kappa shape index (κ2) is 6.72. The van der Waals surface area contributed by atoms with E-state index in [1.165, 1.54) is 7.11 Å². The molecule has 2 atom stereocenters. The van der Waals surface area contributed by atoms with Crippen LogP contribution in [0.1, 0.15) is 34.7 Å². The molecule has 2 aromatic carbocycles. The van der Waals surface area contributed by atoms with Gasteiger partial charge in [-0.15, -0.1) is 11.3 Å². The Bertz CT molecular complexity index is 1070. The molecule has 0 bridgehead atoms. The van der Waals surface area contributed by atoms with E-state index >= 15 is 0 Å². The van der Waals surface area contributed by atoms with E-state index in [1.807, 2.05) is 46.8 Å². The van der Waals surface area contributed by atoms with Crippen LogP contribution in [0.3, 0.4) is 0 Å². The summed E-state index contributed by atoms with van der Waals surface area (Å²) in [6.07, 6.45) is 0.433. The predicted octanol–water partition coefficient (Wildman–Crippen LogP) is 5.36. The maximum Gasteiger partial charge on any atom is 0.222 e. The first-order valence-corrected chi connectivity index (χ1v) is 10.1. The standard InChI is InChI=1S/C21H17ClN2O3S/c1-26-19-9-12(4-6-17(19)25)15-11-16-14-10-13(22)5-7-18(14)27-21(24(16)23-15)20-3-2-8-28-20/h2-10,16,21,25H,11H2,1H3/t16-,21-/m0/s1. The van der Waals surface area contributed by atoms with Crippen molar-refractivity contribution >= 4 is 28.6 Å². The number of hydrogen-bond donors (Lipinski definition) is 1. The average Bonchev–Trinajstić information content (AvgIpc) is 3.38. The van der Waals surface area contributed by atoms with Crippen LogP contribution < -0.4 is 9.47 Å². The molecule has 0 saturated heterocycles. The predicted molar refractivity (Wildman–Crippen MR) is 110 cm³/mol. The van der Waals surface area contributed by atoms with Crippen LogP contribution in [0.2, 0.25) is 5.02 Å². The third-order valence-electron chi connectivity index (χ3n) is 5.05. The van der Waals surface area contributed by atoms with Gasteiger partial charge in [0, 0.05) is 22.6 Å². The maximum absolute atomic E-state index is 9.90. The van der Waals surface area contributed by atoms with Crippen LogP contribution in [0.4, 0.5) is 0 Å². The van der Waals surface area contributed by atoms with Crippen molar-refractivity contribution in [2.45, 2.75) is 18.7 Å². The molecule has 0 radical (unpaired) electrons. The molecule has 0 unspecified atom stereocenters. The molecule has 2 aliphatic rings. The Kier molecular flexibility index (Phi) is 4.18. The lowest BCUT2D eigenvalue weighted by molar-refractivity contribution is -0.0165. The summed E-state index contributed by atoms with van der Waals surface area (Å²) in [5.74, 6) is 1.38. The van der Waals surface area contributed by atoms with Crippen LogP contribution in [0, 0.1) is 0 Å². The molecule has 28 heavy (non-hydrogen) atoms. The molecule has 7 heteroatoms. The second-order valence-corrected chi connectivity index (χ2v) is 8.12. The van der Waals surface area contributed by atoms with Crippen LogP contribution in [0.25, 0.3) is 0 Å². The molecular formula is C21H17ClN2O3S. The number of phenols is 1. The zero-order valence-corrected chi connectivity index (χ0v) is 16.6. The Labute approximate surface area is 171 Å². The Morgan fingerprint density at radius 1 is 1.25 bits per heavy atom. The summed E-state index contributed by atoms with van der Waals surface area (Å²) in [7, 11) is 1.54. The van der Waals surface area contributed by atoms with Crippen LogP contribution >= 0.6 is 22.9 Å². The topological polar surface area (TPSA) is 54.3 Å². The van der Waals surface area contributed by atoms with Gasteiger partial charge in [0.1, 0.15) is 5.75 Å². The van der Waals surface area contributed by atoms with Gasteiger partial charge in [-0.05, 0) is 47.8 Å². The van der Waals surface area contributed by atoms with Gasteiger partial charge in [0.05, 0.1) is 23.7 Å². The summed E-state index contributed by atoms with van der Waals surface area (Å²) in [5.41, 5.74) is 2.86. The van der Waals surface area contributed by atoms with Gasteiger partial charge in [-0.1, -0.05) is 17.7 Å². The molecular weight excluding hydrogens is 396 g/mol. The molecule has 1 aromatic heterocycles. The van der Waals surface area contributed by atoms with E-state index in [1.54, 1.807) is 17.4 Å². The zero-order valence-electron chi connectivity index (χ0n) is 15.0.